The normalized spacial score (nSPS) is 20.8. The number of nitrogens with zero attached hydrogens (tertiary/aromatic N) is 3. The molecule has 0 N–H and O–H groups in total. The monoisotopic (exact) mass is 357 g/mol. The zero-order chi connectivity index (χ0) is 17.9. The Morgan fingerprint density at radius 2 is 1.96 bits per heavy atom. The Bertz CT molecular complexity index is 753. The molecule has 138 valence electrons. The first-order valence-corrected chi connectivity index (χ1v) is 9.56. The number of halogens is 1. The van der Waals surface area contributed by atoms with E-state index >= 15 is 0 Å². The molecule has 6 heteroatoms. The van der Waals surface area contributed by atoms with E-state index in [9.17, 15) is 9.18 Å². The van der Waals surface area contributed by atoms with Gasteiger partial charge in [0.1, 0.15) is 5.82 Å². The summed E-state index contributed by atoms with van der Waals surface area (Å²) in [6, 6.07) is 6.04. The van der Waals surface area contributed by atoms with E-state index in [1.54, 1.807) is 12.1 Å². The van der Waals surface area contributed by atoms with Crippen LogP contribution in [-0.4, -0.2) is 34.0 Å². The molecule has 1 aliphatic heterocycles. The number of hydrogen-bond acceptors (Lipinski definition) is 4. The summed E-state index contributed by atoms with van der Waals surface area (Å²) in [7, 11) is 0. The standard InChI is InChI=1S/C20H24FN3O2/c21-17-8-6-15(7-9-17)19-22-18(23-26-19)10-5-14-11-12-24(13-14)20(25)16-3-1-2-4-16/h6-9,14,16H,1-5,10-13H2. The lowest BCUT2D eigenvalue weighted by molar-refractivity contribution is -0.134. The molecule has 1 amide bonds. The van der Waals surface area contributed by atoms with E-state index in [4.69, 9.17) is 4.52 Å². The number of amides is 1. The minimum Gasteiger partial charge on any atom is -0.342 e. The highest BCUT2D eigenvalue weighted by Gasteiger charge is 2.32. The molecular formula is C20H24FN3O2. The van der Waals surface area contributed by atoms with Crippen LogP contribution in [0.4, 0.5) is 4.39 Å². The Morgan fingerprint density at radius 1 is 1.19 bits per heavy atom. The van der Waals surface area contributed by atoms with Crippen molar-refractivity contribution < 1.29 is 13.7 Å². The van der Waals surface area contributed by atoms with E-state index in [0.717, 1.165) is 50.8 Å². The molecule has 2 fully saturated rings. The number of likely N-dealkylation sites (tertiary alicyclic amines) is 1. The lowest BCUT2D eigenvalue weighted by Gasteiger charge is -2.20. The van der Waals surface area contributed by atoms with Crippen LogP contribution < -0.4 is 0 Å². The predicted octanol–water partition coefficient (Wildman–Crippen LogP) is 3.85. The first-order chi connectivity index (χ1) is 12.7. The van der Waals surface area contributed by atoms with Crippen LogP contribution in [0.15, 0.2) is 28.8 Å². The quantitative estimate of drug-likeness (QED) is 0.816. The van der Waals surface area contributed by atoms with Crippen LogP contribution in [0.2, 0.25) is 0 Å². The Morgan fingerprint density at radius 3 is 2.73 bits per heavy atom. The van der Waals surface area contributed by atoms with Crippen LogP contribution in [0.25, 0.3) is 11.5 Å². The Hall–Kier alpha value is -2.24. The van der Waals surface area contributed by atoms with Crippen molar-refractivity contribution in [1.82, 2.24) is 15.0 Å². The van der Waals surface area contributed by atoms with Gasteiger partial charge in [-0.2, -0.15) is 4.98 Å². The molecule has 0 bridgehead atoms. The highest BCUT2D eigenvalue weighted by Crippen LogP contribution is 2.30. The third kappa shape index (κ3) is 3.79. The molecule has 0 spiro atoms. The third-order valence-electron chi connectivity index (χ3n) is 5.64. The highest BCUT2D eigenvalue weighted by atomic mass is 19.1. The number of carbonyl (C=O) groups excluding carboxylic acids is 1. The fraction of sp³-hybridized carbons (Fsp3) is 0.550. The van der Waals surface area contributed by atoms with Crippen LogP contribution in [-0.2, 0) is 11.2 Å². The maximum atomic E-state index is 13.0. The van der Waals surface area contributed by atoms with Gasteiger partial charge >= 0.3 is 0 Å². The average molecular weight is 357 g/mol. The van der Waals surface area contributed by atoms with Gasteiger partial charge in [-0.25, -0.2) is 4.39 Å². The summed E-state index contributed by atoms with van der Waals surface area (Å²) in [5.41, 5.74) is 0.722. The van der Waals surface area contributed by atoms with Gasteiger partial charge in [0.25, 0.3) is 5.89 Å². The van der Waals surface area contributed by atoms with E-state index in [1.165, 1.54) is 25.0 Å². The van der Waals surface area contributed by atoms with Crippen molar-refractivity contribution in [2.75, 3.05) is 13.1 Å². The number of aromatic nitrogens is 2. The van der Waals surface area contributed by atoms with Crippen LogP contribution in [0.3, 0.4) is 0 Å². The lowest BCUT2D eigenvalue weighted by atomic mass is 10.0. The molecule has 2 aliphatic rings. The summed E-state index contributed by atoms with van der Waals surface area (Å²) in [5, 5.41) is 4.03. The van der Waals surface area contributed by atoms with Gasteiger partial charge in [-0.05, 0) is 55.9 Å². The van der Waals surface area contributed by atoms with Crippen LogP contribution in [0.1, 0.15) is 44.3 Å². The summed E-state index contributed by atoms with van der Waals surface area (Å²) < 4.78 is 18.3. The van der Waals surface area contributed by atoms with Crippen molar-refractivity contribution in [1.29, 1.82) is 0 Å². The molecule has 1 unspecified atom stereocenters. The van der Waals surface area contributed by atoms with Gasteiger partial charge in [-0.15, -0.1) is 0 Å². The van der Waals surface area contributed by atoms with E-state index in [0.29, 0.717) is 23.5 Å². The summed E-state index contributed by atoms with van der Waals surface area (Å²) in [5.74, 6) is 1.95. The van der Waals surface area contributed by atoms with E-state index in [1.807, 2.05) is 0 Å². The second-order valence-electron chi connectivity index (χ2n) is 7.48. The fourth-order valence-corrected chi connectivity index (χ4v) is 4.10. The summed E-state index contributed by atoms with van der Waals surface area (Å²) in [6.07, 6.45) is 7.27. The van der Waals surface area contributed by atoms with E-state index in [2.05, 4.69) is 15.0 Å². The first kappa shape index (κ1) is 17.2. The molecule has 5 nitrogen and oxygen atoms in total. The van der Waals surface area contributed by atoms with Crippen molar-refractivity contribution in [3.05, 3.63) is 35.9 Å². The minimum atomic E-state index is -0.286. The average Bonchev–Trinajstić information content (AvgIpc) is 3.41. The Labute approximate surface area is 152 Å². The van der Waals surface area contributed by atoms with E-state index in [-0.39, 0.29) is 11.7 Å². The molecule has 0 radical (unpaired) electrons. The zero-order valence-electron chi connectivity index (χ0n) is 14.9. The molecule has 1 aliphatic carbocycles. The number of rotatable bonds is 5. The van der Waals surface area contributed by atoms with Gasteiger partial charge in [-0.3, -0.25) is 4.79 Å². The summed E-state index contributed by atoms with van der Waals surface area (Å²) >= 11 is 0. The largest absolute Gasteiger partial charge is 0.342 e. The Kier molecular flexibility index (Phi) is 5.00. The maximum absolute atomic E-state index is 13.0. The van der Waals surface area contributed by atoms with Gasteiger partial charge in [0, 0.05) is 31.0 Å². The third-order valence-corrected chi connectivity index (χ3v) is 5.64. The molecule has 1 aromatic heterocycles. The second-order valence-corrected chi connectivity index (χ2v) is 7.48. The minimum absolute atomic E-state index is 0.268. The van der Waals surface area contributed by atoms with Gasteiger partial charge < -0.3 is 9.42 Å². The highest BCUT2D eigenvalue weighted by molar-refractivity contribution is 5.79. The SMILES string of the molecule is O=C(C1CCCC1)N1CCC(CCc2noc(-c3ccc(F)cc3)n2)C1. The molecule has 4 rings (SSSR count). The molecule has 26 heavy (non-hydrogen) atoms. The zero-order valence-corrected chi connectivity index (χ0v) is 14.9. The molecule has 2 heterocycles. The maximum Gasteiger partial charge on any atom is 0.257 e. The van der Waals surface area contributed by atoms with Crippen molar-refractivity contribution in [2.45, 2.75) is 44.9 Å². The van der Waals surface area contributed by atoms with Crippen LogP contribution in [0, 0.1) is 17.7 Å². The number of hydrogen-bond donors (Lipinski definition) is 0. The van der Waals surface area contributed by atoms with Crippen molar-refractivity contribution >= 4 is 5.91 Å². The topological polar surface area (TPSA) is 59.2 Å². The number of benzene rings is 1. The smallest absolute Gasteiger partial charge is 0.257 e. The van der Waals surface area contributed by atoms with Crippen molar-refractivity contribution in [3.63, 3.8) is 0 Å². The molecule has 1 aromatic carbocycles. The second kappa shape index (κ2) is 7.56. The van der Waals surface area contributed by atoms with E-state index < -0.39 is 0 Å². The molecule has 2 aromatic rings. The molecule has 1 saturated heterocycles. The van der Waals surface area contributed by atoms with Crippen molar-refractivity contribution in [3.8, 4) is 11.5 Å². The molecular weight excluding hydrogens is 333 g/mol. The fourth-order valence-electron chi connectivity index (χ4n) is 4.10. The number of carbonyl (C=O) groups is 1. The van der Waals surface area contributed by atoms with Gasteiger partial charge in [0.05, 0.1) is 0 Å². The summed E-state index contributed by atoms with van der Waals surface area (Å²) in [4.78, 5) is 19.0. The van der Waals surface area contributed by atoms with Gasteiger partial charge in [-0.1, -0.05) is 18.0 Å². The molecule has 1 atom stereocenters. The van der Waals surface area contributed by atoms with Gasteiger partial charge in [0.2, 0.25) is 5.91 Å². The lowest BCUT2D eigenvalue weighted by Crippen LogP contribution is -2.33. The predicted molar refractivity (Wildman–Crippen MR) is 94.7 cm³/mol. The van der Waals surface area contributed by atoms with Crippen molar-refractivity contribution in [2.24, 2.45) is 11.8 Å². The van der Waals surface area contributed by atoms with Crippen LogP contribution >= 0.6 is 0 Å². The molecule has 1 saturated carbocycles. The first-order valence-electron chi connectivity index (χ1n) is 9.56. The Balaban J connectivity index is 1.28. The summed E-state index contributed by atoms with van der Waals surface area (Å²) in [6.45, 7) is 1.74. The van der Waals surface area contributed by atoms with Gasteiger partial charge in [0.15, 0.2) is 5.82 Å². The van der Waals surface area contributed by atoms with Crippen LogP contribution in [0.5, 0.6) is 0 Å². The number of aryl methyl sites for hydroxylation is 1.